The molecule has 0 spiro atoms. The molecule has 22 heavy (non-hydrogen) atoms. The highest BCUT2D eigenvalue weighted by atomic mass is 19.1. The average Bonchev–Trinajstić information content (AvgIpc) is 2.91. The number of ether oxygens (including phenoxy) is 1. The number of aliphatic hydroxyl groups is 1. The van der Waals surface area contributed by atoms with E-state index >= 15 is 0 Å². The topological polar surface area (TPSA) is 58.5 Å². The van der Waals surface area contributed by atoms with Crippen LogP contribution in [0.5, 0.6) is 5.88 Å². The van der Waals surface area contributed by atoms with Gasteiger partial charge in [-0.3, -0.25) is 4.98 Å². The lowest BCUT2D eigenvalue weighted by atomic mass is 10.0. The van der Waals surface area contributed by atoms with Gasteiger partial charge in [0.15, 0.2) is 5.82 Å². The maximum Gasteiger partial charge on any atom is 0.234 e. The highest BCUT2D eigenvalue weighted by Gasteiger charge is 2.33. The van der Waals surface area contributed by atoms with Crippen molar-refractivity contribution >= 4 is 5.82 Å². The van der Waals surface area contributed by atoms with Crippen LogP contribution in [0.15, 0.2) is 36.7 Å². The highest BCUT2D eigenvalue weighted by molar-refractivity contribution is 5.44. The second kappa shape index (κ2) is 6.27. The maximum absolute atomic E-state index is 13.1. The average molecular weight is 303 g/mol. The smallest absolute Gasteiger partial charge is 0.234 e. The van der Waals surface area contributed by atoms with E-state index in [0.29, 0.717) is 31.3 Å². The van der Waals surface area contributed by atoms with E-state index in [-0.39, 0.29) is 11.9 Å². The Labute approximate surface area is 128 Å². The number of β-amino-alcohol motifs (C(OH)–C–C–N with tert-alkyl or cyclic N) is 1. The van der Waals surface area contributed by atoms with Crippen LogP contribution in [-0.4, -0.2) is 34.3 Å². The minimum absolute atomic E-state index is 0.0539. The molecule has 0 amide bonds. The van der Waals surface area contributed by atoms with Crippen LogP contribution < -0.4 is 9.64 Å². The van der Waals surface area contributed by atoms with Gasteiger partial charge in [0.05, 0.1) is 31.1 Å². The SMILES string of the molecule is CCOc1cncc(N2C[C@@H](O)C[C@@H]2c2ccc(F)cc2)n1. The Hall–Kier alpha value is -2.21. The summed E-state index contributed by atoms with van der Waals surface area (Å²) >= 11 is 0. The molecule has 5 nitrogen and oxygen atoms in total. The van der Waals surface area contributed by atoms with Gasteiger partial charge in [-0.05, 0) is 31.0 Å². The van der Waals surface area contributed by atoms with E-state index in [1.165, 1.54) is 12.1 Å². The Kier molecular flexibility index (Phi) is 4.20. The van der Waals surface area contributed by atoms with Gasteiger partial charge >= 0.3 is 0 Å². The zero-order valence-electron chi connectivity index (χ0n) is 12.3. The lowest BCUT2D eigenvalue weighted by molar-refractivity contribution is 0.194. The largest absolute Gasteiger partial charge is 0.477 e. The number of aromatic nitrogens is 2. The van der Waals surface area contributed by atoms with Gasteiger partial charge in [-0.2, -0.15) is 4.98 Å². The first-order valence-corrected chi connectivity index (χ1v) is 7.32. The van der Waals surface area contributed by atoms with Crippen LogP contribution in [0.1, 0.15) is 24.9 Å². The van der Waals surface area contributed by atoms with E-state index in [2.05, 4.69) is 9.97 Å². The van der Waals surface area contributed by atoms with Gasteiger partial charge in [-0.15, -0.1) is 0 Å². The summed E-state index contributed by atoms with van der Waals surface area (Å²) in [6.07, 6.45) is 3.34. The van der Waals surface area contributed by atoms with E-state index in [4.69, 9.17) is 4.74 Å². The van der Waals surface area contributed by atoms with Crippen LogP contribution in [-0.2, 0) is 0 Å². The van der Waals surface area contributed by atoms with Gasteiger partial charge in [-0.1, -0.05) is 12.1 Å². The fraction of sp³-hybridized carbons (Fsp3) is 0.375. The summed E-state index contributed by atoms with van der Waals surface area (Å²) in [6, 6.07) is 6.29. The summed E-state index contributed by atoms with van der Waals surface area (Å²) in [4.78, 5) is 10.6. The normalized spacial score (nSPS) is 21.1. The molecule has 0 unspecified atom stereocenters. The third-order valence-corrected chi connectivity index (χ3v) is 3.72. The Balaban J connectivity index is 1.90. The summed E-state index contributed by atoms with van der Waals surface area (Å²) in [5.74, 6) is 0.836. The zero-order valence-corrected chi connectivity index (χ0v) is 12.3. The van der Waals surface area contributed by atoms with Crippen LogP contribution in [0.4, 0.5) is 10.2 Å². The van der Waals surface area contributed by atoms with Crippen molar-refractivity contribution < 1.29 is 14.2 Å². The lowest BCUT2D eigenvalue weighted by Gasteiger charge is -2.25. The first-order valence-electron chi connectivity index (χ1n) is 7.32. The molecule has 1 N–H and O–H groups in total. The third-order valence-electron chi connectivity index (χ3n) is 3.72. The number of rotatable bonds is 4. The predicted octanol–water partition coefficient (Wildman–Crippen LogP) is 2.33. The molecule has 1 aliphatic rings. The molecule has 116 valence electrons. The Morgan fingerprint density at radius 3 is 2.82 bits per heavy atom. The number of anilines is 1. The van der Waals surface area contributed by atoms with E-state index < -0.39 is 6.10 Å². The maximum atomic E-state index is 13.1. The molecule has 2 atom stereocenters. The van der Waals surface area contributed by atoms with E-state index in [1.807, 2.05) is 11.8 Å². The number of benzene rings is 1. The summed E-state index contributed by atoms with van der Waals surface area (Å²) in [7, 11) is 0. The molecule has 1 aliphatic heterocycles. The Bertz CT molecular complexity index is 636. The Morgan fingerprint density at radius 1 is 1.32 bits per heavy atom. The van der Waals surface area contributed by atoms with Crippen molar-refractivity contribution in [3.8, 4) is 5.88 Å². The van der Waals surface area contributed by atoms with Gasteiger partial charge in [-0.25, -0.2) is 4.39 Å². The fourth-order valence-corrected chi connectivity index (χ4v) is 2.76. The summed E-state index contributed by atoms with van der Waals surface area (Å²) in [5, 5.41) is 10.0. The molecule has 0 saturated carbocycles. The lowest BCUT2D eigenvalue weighted by Crippen LogP contribution is -2.25. The minimum Gasteiger partial charge on any atom is -0.477 e. The van der Waals surface area contributed by atoms with Gasteiger partial charge in [0.25, 0.3) is 0 Å². The number of aliphatic hydroxyl groups excluding tert-OH is 1. The van der Waals surface area contributed by atoms with Crippen LogP contribution in [0.2, 0.25) is 0 Å². The number of hydrogen-bond donors (Lipinski definition) is 1. The molecule has 2 heterocycles. The molecule has 1 saturated heterocycles. The molecule has 1 aromatic carbocycles. The van der Waals surface area contributed by atoms with Crippen molar-refractivity contribution in [1.82, 2.24) is 9.97 Å². The fourth-order valence-electron chi connectivity index (χ4n) is 2.76. The summed E-state index contributed by atoms with van der Waals surface area (Å²) in [6.45, 7) is 2.86. The minimum atomic E-state index is -0.451. The van der Waals surface area contributed by atoms with E-state index in [1.54, 1.807) is 24.5 Å². The molecule has 6 heteroatoms. The molecule has 0 radical (unpaired) electrons. The van der Waals surface area contributed by atoms with Gasteiger partial charge < -0.3 is 14.7 Å². The highest BCUT2D eigenvalue weighted by Crippen LogP contribution is 2.35. The first kappa shape index (κ1) is 14.7. The van der Waals surface area contributed by atoms with Crippen molar-refractivity contribution in [3.05, 3.63) is 48.0 Å². The Morgan fingerprint density at radius 2 is 2.09 bits per heavy atom. The van der Waals surface area contributed by atoms with Crippen molar-refractivity contribution in [2.75, 3.05) is 18.1 Å². The summed E-state index contributed by atoms with van der Waals surface area (Å²) < 4.78 is 18.5. The van der Waals surface area contributed by atoms with Crippen LogP contribution >= 0.6 is 0 Å². The third kappa shape index (κ3) is 3.01. The van der Waals surface area contributed by atoms with Gasteiger partial charge in [0.2, 0.25) is 5.88 Å². The number of hydrogen-bond acceptors (Lipinski definition) is 5. The molecule has 1 fully saturated rings. The van der Waals surface area contributed by atoms with Gasteiger partial charge in [0.1, 0.15) is 5.82 Å². The van der Waals surface area contributed by atoms with Crippen LogP contribution in [0, 0.1) is 5.82 Å². The van der Waals surface area contributed by atoms with E-state index in [9.17, 15) is 9.50 Å². The van der Waals surface area contributed by atoms with Crippen molar-refractivity contribution in [1.29, 1.82) is 0 Å². The molecule has 0 bridgehead atoms. The second-order valence-electron chi connectivity index (χ2n) is 5.26. The predicted molar refractivity (Wildman–Crippen MR) is 80.3 cm³/mol. The van der Waals surface area contributed by atoms with Crippen LogP contribution in [0.3, 0.4) is 0 Å². The standard InChI is InChI=1S/C16H18FN3O2/c1-2-22-16-9-18-8-15(19-16)20-10-13(21)7-14(20)11-3-5-12(17)6-4-11/h3-6,8-9,13-14,21H,2,7,10H2,1H3/t13-,14+/m0/s1. The number of nitrogens with zero attached hydrogens (tertiary/aromatic N) is 3. The summed E-state index contributed by atoms with van der Waals surface area (Å²) in [5.41, 5.74) is 0.946. The molecule has 2 aromatic rings. The van der Waals surface area contributed by atoms with Gasteiger partial charge in [0, 0.05) is 6.54 Å². The quantitative estimate of drug-likeness (QED) is 0.939. The van der Waals surface area contributed by atoms with Crippen molar-refractivity contribution in [2.45, 2.75) is 25.5 Å². The monoisotopic (exact) mass is 303 g/mol. The van der Waals surface area contributed by atoms with E-state index in [0.717, 1.165) is 5.56 Å². The molecule has 3 rings (SSSR count). The van der Waals surface area contributed by atoms with Crippen molar-refractivity contribution in [3.63, 3.8) is 0 Å². The number of halogens is 1. The molecule has 1 aromatic heterocycles. The molecular weight excluding hydrogens is 285 g/mol. The first-order chi connectivity index (χ1) is 10.7. The molecular formula is C16H18FN3O2. The van der Waals surface area contributed by atoms with Crippen molar-refractivity contribution in [2.24, 2.45) is 0 Å². The second-order valence-corrected chi connectivity index (χ2v) is 5.26. The zero-order chi connectivity index (χ0) is 15.5. The molecule has 0 aliphatic carbocycles. The van der Waals surface area contributed by atoms with Crippen LogP contribution in [0.25, 0.3) is 0 Å².